The second kappa shape index (κ2) is 7.80. The molecule has 3 atom stereocenters. The monoisotopic (exact) mass is 386 g/mol. The highest BCUT2D eigenvalue weighted by atomic mass is 19.4. The van der Waals surface area contributed by atoms with Crippen molar-refractivity contribution in [3.05, 3.63) is 35.9 Å². The van der Waals surface area contributed by atoms with Crippen LogP contribution in [0.4, 0.5) is 13.2 Å². The molecule has 1 saturated carbocycles. The van der Waals surface area contributed by atoms with Crippen molar-refractivity contribution in [3.63, 3.8) is 0 Å². The van der Waals surface area contributed by atoms with Crippen molar-refractivity contribution >= 4 is 5.97 Å². The van der Waals surface area contributed by atoms with Gasteiger partial charge in [0.1, 0.15) is 6.10 Å². The maximum Gasteiger partial charge on any atom is 0.432 e. The maximum atomic E-state index is 14.0. The van der Waals surface area contributed by atoms with Crippen molar-refractivity contribution in [2.24, 2.45) is 0 Å². The van der Waals surface area contributed by atoms with Crippen molar-refractivity contribution in [3.8, 4) is 0 Å². The predicted molar refractivity (Wildman–Crippen MR) is 92.1 cm³/mol. The molecule has 1 saturated heterocycles. The number of methoxy groups -OCH3 is 1. The number of benzene rings is 1. The van der Waals surface area contributed by atoms with Gasteiger partial charge in [0.25, 0.3) is 5.60 Å². The van der Waals surface area contributed by atoms with Gasteiger partial charge in [-0.25, -0.2) is 4.79 Å². The molecule has 2 fully saturated rings. The van der Waals surface area contributed by atoms with E-state index in [1.54, 1.807) is 6.07 Å². The molecule has 27 heavy (non-hydrogen) atoms. The number of halogens is 3. The van der Waals surface area contributed by atoms with Gasteiger partial charge < -0.3 is 14.2 Å². The fourth-order valence-corrected chi connectivity index (χ4v) is 4.27. The van der Waals surface area contributed by atoms with Crippen LogP contribution >= 0.6 is 0 Å². The molecule has 1 aliphatic carbocycles. The smallest absolute Gasteiger partial charge is 0.432 e. The van der Waals surface area contributed by atoms with E-state index in [-0.39, 0.29) is 11.2 Å². The van der Waals surface area contributed by atoms with E-state index < -0.39 is 23.9 Å². The number of alkyl halides is 3. The van der Waals surface area contributed by atoms with Crippen LogP contribution in [0.3, 0.4) is 0 Å². The number of hydrogen-bond acceptors (Lipinski definition) is 4. The summed E-state index contributed by atoms with van der Waals surface area (Å²) < 4.78 is 58.1. The number of rotatable bonds is 4. The summed E-state index contributed by atoms with van der Waals surface area (Å²) in [5, 5.41) is 0. The number of esters is 1. The first kappa shape index (κ1) is 20.1. The number of carbonyl (C=O) groups is 1. The Morgan fingerprint density at radius 3 is 2.44 bits per heavy atom. The summed E-state index contributed by atoms with van der Waals surface area (Å²) in [6.07, 6.45) is -0.250. The fraction of sp³-hybridized carbons (Fsp3) is 0.650. The molecule has 1 aromatic carbocycles. The van der Waals surface area contributed by atoms with Gasteiger partial charge in [-0.05, 0) is 32.1 Å². The van der Waals surface area contributed by atoms with Crippen LogP contribution in [0.2, 0.25) is 0 Å². The molecule has 4 nitrogen and oxygen atoms in total. The van der Waals surface area contributed by atoms with Gasteiger partial charge in [0.15, 0.2) is 0 Å². The minimum atomic E-state index is -4.95. The normalized spacial score (nSPS) is 28.5. The first-order valence-corrected chi connectivity index (χ1v) is 9.35. The van der Waals surface area contributed by atoms with E-state index >= 15 is 0 Å². The van der Waals surface area contributed by atoms with Gasteiger partial charge in [-0.2, -0.15) is 13.2 Å². The molecule has 0 bridgehead atoms. The van der Waals surface area contributed by atoms with Crippen molar-refractivity contribution < 1.29 is 32.2 Å². The molecule has 1 aliphatic heterocycles. The molecule has 1 heterocycles. The first-order chi connectivity index (χ1) is 12.8. The highest BCUT2D eigenvalue weighted by Crippen LogP contribution is 2.45. The molecule has 0 radical (unpaired) electrons. The van der Waals surface area contributed by atoms with Crippen molar-refractivity contribution in [2.45, 2.75) is 68.4 Å². The van der Waals surface area contributed by atoms with E-state index in [9.17, 15) is 18.0 Å². The van der Waals surface area contributed by atoms with E-state index in [0.717, 1.165) is 39.2 Å². The third kappa shape index (κ3) is 3.85. The Hall–Kier alpha value is -1.60. The highest BCUT2D eigenvalue weighted by molar-refractivity contribution is 5.82. The van der Waals surface area contributed by atoms with Gasteiger partial charge in [-0.15, -0.1) is 0 Å². The predicted octanol–water partition coefficient (Wildman–Crippen LogP) is 4.52. The zero-order valence-electron chi connectivity index (χ0n) is 15.4. The van der Waals surface area contributed by atoms with Gasteiger partial charge in [0.05, 0.1) is 5.60 Å². The summed E-state index contributed by atoms with van der Waals surface area (Å²) in [5.41, 5.74) is -3.79. The van der Waals surface area contributed by atoms with E-state index in [4.69, 9.17) is 14.2 Å². The van der Waals surface area contributed by atoms with Crippen LogP contribution < -0.4 is 0 Å². The lowest BCUT2D eigenvalue weighted by molar-refractivity contribution is -0.278. The SMILES string of the molecule is CO[C@@](C(=O)OC1CCCC[C@@]2(CCCO2)C1)(c1ccccc1)C(F)(F)F. The van der Waals surface area contributed by atoms with Crippen molar-refractivity contribution in [1.29, 1.82) is 0 Å². The van der Waals surface area contributed by atoms with Gasteiger partial charge in [-0.1, -0.05) is 36.8 Å². The van der Waals surface area contributed by atoms with Crippen LogP contribution in [0.15, 0.2) is 30.3 Å². The molecule has 0 amide bonds. The lowest BCUT2D eigenvalue weighted by atomic mass is 9.90. The van der Waals surface area contributed by atoms with Gasteiger partial charge in [-0.3, -0.25) is 0 Å². The summed E-state index contributed by atoms with van der Waals surface area (Å²) in [5.74, 6) is -1.41. The van der Waals surface area contributed by atoms with E-state index in [1.807, 2.05) is 0 Å². The average molecular weight is 386 g/mol. The Balaban J connectivity index is 1.86. The first-order valence-electron chi connectivity index (χ1n) is 9.35. The Labute approximate surface area is 157 Å². The Kier molecular flexibility index (Phi) is 5.82. The lowest BCUT2D eigenvalue weighted by Gasteiger charge is -2.35. The summed E-state index contributed by atoms with van der Waals surface area (Å²) in [7, 11) is 0.885. The molecule has 3 rings (SSSR count). The molecule has 0 N–H and O–H groups in total. The molecular weight excluding hydrogens is 361 g/mol. The van der Waals surface area contributed by atoms with Crippen LogP contribution in [-0.4, -0.2) is 37.6 Å². The third-order valence-corrected chi connectivity index (χ3v) is 5.64. The molecule has 150 valence electrons. The quantitative estimate of drug-likeness (QED) is 0.714. The van der Waals surface area contributed by atoms with Crippen LogP contribution in [-0.2, 0) is 24.6 Å². The third-order valence-electron chi connectivity index (χ3n) is 5.64. The minimum Gasteiger partial charge on any atom is -0.460 e. The summed E-state index contributed by atoms with van der Waals surface area (Å²) in [6.45, 7) is 0.648. The van der Waals surface area contributed by atoms with Crippen LogP contribution in [0.1, 0.15) is 50.5 Å². The fourth-order valence-electron chi connectivity index (χ4n) is 4.27. The molecule has 7 heteroatoms. The number of ether oxygens (including phenoxy) is 3. The molecule has 0 aromatic heterocycles. The minimum absolute atomic E-state index is 0.287. The van der Waals surface area contributed by atoms with Crippen LogP contribution in [0.5, 0.6) is 0 Å². The van der Waals surface area contributed by atoms with Gasteiger partial charge in [0, 0.05) is 25.7 Å². The molecule has 2 aliphatic rings. The zero-order valence-corrected chi connectivity index (χ0v) is 15.4. The van der Waals surface area contributed by atoms with Gasteiger partial charge >= 0.3 is 12.1 Å². The Bertz CT molecular complexity index is 640. The second-order valence-electron chi connectivity index (χ2n) is 7.36. The summed E-state index contributed by atoms with van der Waals surface area (Å²) >= 11 is 0. The van der Waals surface area contributed by atoms with Crippen molar-refractivity contribution in [1.82, 2.24) is 0 Å². The Morgan fingerprint density at radius 1 is 1.15 bits per heavy atom. The second-order valence-corrected chi connectivity index (χ2v) is 7.36. The average Bonchev–Trinajstić information content (AvgIpc) is 2.98. The Morgan fingerprint density at radius 2 is 1.85 bits per heavy atom. The van der Waals surface area contributed by atoms with Crippen LogP contribution in [0, 0.1) is 0 Å². The van der Waals surface area contributed by atoms with E-state index in [0.29, 0.717) is 19.4 Å². The standard InChI is InChI=1S/C20H25F3O4/c1-25-19(20(21,22)23,15-8-3-2-4-9-15)17(24)27-16-10-5-6-11-18(14-16)12-7-13-26-18/h2-4,8-9,16H,5-7,10-14H2,1H3/t16?,18-,19-/m1/s1. The van der Waals surface area contributed by atoms with Gasteiger partial charge in [0.2, 0.25) is 0 Å². The maximum absolute atomic E-state index is 14.0. The van der Waals surface area contributed by atoms with Crippen molar-refractivity contribution in [2.75, 3.05) is 13.7 Å². The zero-order chi connectivity index (χ0) is 19.5. The van der Waals surface area contributed by atoms with Crippen LogP contribution in [0.25, 0.3) is 0 Å². The van der Waals surface area contributed by atoms with E-state index in [1.165, 1.54) is 24.3 Å². The summed E-state index contributed by atoms with van der Waals surface area (Å²) in [4.78, 5) is 12.8. The summed E-state index contributed by atoms with van der Waals surface area (Å²) in [6, 6.07) is 6.92. The number of carbonyl (C=O) groups excluding carboxylic acids is 1. The molecular formula is C20H25F3O4. The highest BCUT2D eigenvalue weighted by Gasteiger charge is 2.64. The lowest BCUT2D eigenvalue weighted by Crippen LogP contribution is -2.52. The topological polar surface area (TPSA) is 44.8 Å². The molecule has 1 unspecified atom stereocenters. The number of hydrogen-bond donors (Lipinski definition) is 0. The molecule has 1 spiro atoms. The molecule has 1 aromatic rings. The largest absolute Gasteiger partial charge is 0.460 e. The van der Waals surface area contributed by atoms with E-state index in [2.05, 4.69) is 0 Å².